The van der Waals surface area contributed by atoms with Gasteiger partial charge in [-0.2, -0.15) is 0 Å². The number of hydrazine groups is 1. The Hall–Kier alpha value is -2.14. The lowest BCUT2D eigenvalue weighted by molar-refractivity contribution is -0.127. The summed E-state index contributed by atoms with van der Waals surface area (Å²) in [5, 5.41) is 0. The van der Waals surface area contributed by atoms with Gasteiger partial charge in [-0.05, 0) is 25.5 Å². The van der Waals surface area contributed by atoms with Crippen molar-refractivity contribution in [3.63, 3.8) is 0 Å². The smallest absolute Gasteiger partial charge is 0.262 e. The van der Waals surface area contributed by atoms with Crippen molar-refractivity contribution in [1.82, 2.24) is 10.9 Å². The van der Waals surface area contributed by atoms with E-state index < -0.39 is 0 Å². The highest BCUT2D eigenvalue weighted by molar-refractivity contribution is 5.93. The molecule has 0 aliphatic heterocycles. The second-order valence-electron chi connectivity index (χ2n) is 4.23. The first-order valence-corrected chi connectivity index (χ1v) is 6.53. The van der Waals surface area contributed by atoms with Crippen LogP contribution in [-0.4, -0.2) is 25.0 Å². The molecule has 0 unspecified atom stereocenters. The predicted molar refractivity (Wildman–Crippen MR) is 77.6 cm³/mol. The van der Waals surface area contributed by atoms with E-state index in [1.807, 2.05) is 38.1 Å². The molecule has 0 aliphatic rings. The van der Waals surface area contributed by atoms with Crippen LogP contribution in [0.1, 0.15) is 24.5 Å². The van der Waals surface area contributed by atoms with E-state index in [1.54, 1.807) is 6.08 Å². The molecule has 0 saturated carbocycles. The standard InChI is InChI=1S/C15H20N2O3/c1-3-20-11-10-15(19)17-16-14(18)9-8-13-6-4-12(2)5-7-13/h4-9H,3,10-11H2,1-2H3,(H,16,18)(H,17,19)/b9-8+. The molecule has 0 heterocycles. The molecule has 0 aromatic heterocycles. The van der Waals surface area contributed by atoms with Crippen LogP contribution in [0.5, 0.6) is 0 Å². The van der Waals surface area contributed by atoms with Gasteiger partial charge in [-0.15, -0.1) is 0 Å². The van der Waals surface area contributed by atoms with Gasteiger partial charge in [0, 0.05) is 12.7 Å². The van der Waals surface area contributed by atoms with Gasteiger partial charge in [0.15, 0.2) is 0 Å². The summed E-state index contributed by atoms with van der Waals surface area (Å²) in [6.07, 6.45) is 3.27. The zero-order valence-corrected chi connectivity index (χ0v) is 11.8. The molecule has 2 N–H and O–H groups in total. The molecule has 20 heavy (non-hydrogen) atoms. The van der Waals surface area contributed by atoms with E-state index in [-0.39, 0.29) is 18.2 Å². The summed E-state index contributed by atoms with van der Waals surface area (Å²) in [6, 6.07) is 7.76. The highest BCUT2D eigenvalue weighted by Crippen LogP contribution is 2.04. The molecule has 2 amide bonds. The molecule has 5 nitrogen and oxygen atoms in total. The van der Waals surface area contributed by atoms with Crippen LogP contribution in [0.25, 0.3) is 6.08 Å². The quantitative estimate of drug-likeness (QED) is 0.471. The van der Waals surface area contributed by atoms with Crippen molar-refractivity contribution >= 4 is 17.9 Å². The summed E-state index contributed by atoms with van der Waals surface area (Å²) in [5.74, 6) is -0.661. The van der Waals surface area contributed by atoms with Crippen molar-refractivity contribution in [2.24, 2.45) is 0 Å². The fraction of sp³-hybridized carbons (Fsp3) is 0.333. The van der Waals surface area contributed by atoms with E-state index in [9.17, 15) is 9.59 Å². The molecule has 1 rings (SSSR count). The van der Waals surface area contributed by atoms with Gasteiger partial charge in [-0.1, -0.05) is 29.8 Å². The Balaban J connectivity index is 2.29. The second-order valence-corrected chi connectivity index (χ2v) is 4.23. The van der Waals surface area contributed by atoms with Gasteiger partial charge in [0.1, 0.15) is 0 Å². The maximum absolute atomic E-state index is 11.5. The van der Waals surface area contributed by atoms with Crippen molar-refractivity contribution in [1.29, 1.82) is 0 Å². The predicted octanol–water partition coefficient (Wildman–Crippen LogP) is 1.58. The van der Waals surface area contributed by atoms with E-state index >= 15 is 0 Å². The van der Waals surface area contributed by atoms with Gasteiger partial charge >= 0.3 is 0 Å². The number of amides is 2. The van der Waals surface area contributed by atoms with Gasteiger partial charge in [-0.3, -0.25) is 20.4 Å². The molecule has 0 radical (unpaired) electrons. The molecular formula is C15H20N2O3. The van der Waals surface area contributed by atoms with Crippen LogP contribution in [-0.2, 0) is 14.3 Å². The molecule has 0 spiro atoms. The van der Waals surface area contributed by atoms with Crippen LogP contribution in [0.4, 0.5) is 0 Å². The summed E-state index contributed by atoms with van der Waals surface area (Å²) < 4.78 is 5.04. The Morgan fingerprint density at radius 1 is 1.20 bits per heavy atom. The lowest BCUT2D eigenvalue weighted by atomic mass is 10.1. The van der Waals surface area contributed by atoms with Crippen LogP contribution in [0.3, 0.4) is 0 Å². The normalized spacial score (nSPS) is 10.5. The highest BCUT2D eigenvalue weighted by atomic mass is 16.5. The van der Waals surface area contributed by atoms with E-state index in [0.717, 1.165) is 11.1 Å². The average molecular weight is 276 g/mol. The lowest BCUT2D eigenvalue weighted by Gasteiger charge is -2.05. The van der Waals surface area contributed by atoms with Crippen molar-refractivity contribution in [3.8, 4) is 0 Å². The summed E-state index contributed by atoms with van der Waals surface area (Å²) in [4.78, 5) is 22.8. The summed E-state index contributed by atoms with van der Waals surface area (Å²) >= 11 is 0. The topological polar surface area (TPSA) is 67.4 Å². The number of aryl methyl sites for hydroxylation is 1. The lowest BCUT2D eigenvalue weighted by Crippen LogP contribution is -2.41. The number of carbonyl (C=O) groups is 2. The van der Waals surface area contributed by atoms with Gasteiger partial charge in [-0.25, -0.2) is 0 Å². The van der Waals surface area contributed by atoms with Crippen molar-refractivity contribution in [2.75, 3.05) is 13.2 Å². The maximum atomic E-state index is 11.5. The highest BCUT2D eigenvalue weighted by Gasteiger charge is 2.01. The molecule has 0 saturated heterocycles. The minimum atomic E-state index is -0.379. The molecule has 0 aliphatic carbocycles. The van der Waals surface area contributed by atoms with Crippen LogP contribution in [0.15, 0.2) is 30.3 Å². The zero-order chi connectivity index (χ0) is 14.8. The summed E-state index contributed by atoms with van der Waals surface area (Å²) in [5.41, 5.74) is 6.71. The van der Waals surface area contributed by atoms with Crippen molar-refractivity contribution < 1.29 is 14.3 Å². The number of ether oxygens (including phenoxy) is 1. The fourth-order valence-corrected chi connectivity index (χ4v) is 1.39. The van der Waals surface area contributed by atoms with Crippen molar-refractivity contribution in [3.05, 3.63) is 41.5 Å². The number of nitrogens with one attached hydrogen (secondary N) is 2. The molecule has 0 bridgehead atoms. The summed E-state index contributed by atoms with van der Waals surface area (Å²) in [7, 11) is 0. The van der Waals surface area contributed by atoms with Gasteiger partial charge in [0.05, 0.1) is 13.0 Å². The van der Waals surface area contributed by atoms with Crippen molar-refractivity contribution in [2.45, 2.75) is 20.3 Å². The number of hydrogen-bond acceptors (Lipinski definition) is 3. The zero-order valence-electron chi connectivity index (χ0n) is 11.8. The van der Waals surface area contributed by atoms with Crippen LogP contribution in [0.2, 0.25) is 0 Å². The molecule has 108 valence electrons. The first-order chi connectivity index (χ1) is 9.61. The number of rotatable bonds is 6. The molecular weight excluding hydrogens is 256 g/mol. The minimum Gasteiger partial charge on any atom is -0.381 e. The van der Waals surface area contributed by atoms with Gasteiger partial charge in [0.25, 0.3) is 5.91 Å². The van der Waals surface area contributed by atoms with E-state index in [4.69, 9.17) is 4.74 Å². The Kier molecular flexibility index (Phi) is 7.06. The van der Waals surface area contributed by atoms with Gasteiger partial charge < -0.3 is 4.74 Å². The van der Waals surface area contributed by atoms with E-state index in [1.165, 1.54) is 6.08 Å². The number of carbonyl (C=O) groups excluding carboxylic acids is 2. The Bertz CT molecular complexity index is 467. The SMILES string of the molecule is CCOCCC(=O)NNC(=O)/C=C/c1ccc(C)cc1. The molecule has 5 heteroatoms. The Morgan fingerprint density at radius 2 is 1.90 bits per heavy atom. The van der Waals surface area contributed by atoms with Gasteiger partial charge in [0.2, 0.25) is 5.91 Å². The third-order valence-electron chi connectivity index (χ3n) is 2.51. The Labute approximate surface area is 119 Å². The molecule has 0 fully saturated rings. The maximum Gasteiger partial charge on any atom is 0.262 e. The largest absolute Gasteiger partial charge is 0.381 e. The third kappa shape index (κ3) is 6.70. The van der Waals surface area contributed by atoms with Crippen LogP contribution >= 0.6 is 0 Å². The average Bonchev–Trinajstić information content (AvgIpc) is 2.45. The second kappa shape index (κ2) is 8.87. The molecule has 1 aromatic rings. The Morgan fingerprint density at radius 3 is 2.55 bits per heavy atom. The fourth-order valence-electron chi connectivity index (χ4n) is 1.39. The summed E-state index contributed by atoms with van der Waals surface area (Å²) in [6.45, 7) is 4.77. The molecule has 1 aromatic carbocycles. The molecule has 0 atom stereocenters. The first kappa shape index (κ1) is 15.9. The van der Waals surface area contributed by atoms with Crippen LogP contribution < -0.4 is 10.9 Å². The monoisotopic (exact) mass is 276 g/mol. The minimum absolute atomic E-state index is 0.218. The van der Waals surface area contributed by atoms with E-state index in [0.29, 0.717) is 13.2 Å². The third-order valence-corrected chi connectivity index (χ3v) is 2.51. The van der Waals surface area contributed by atoms with E-state index in [2.05, 4.69) is 10.9 Å². The first-order valence-electron chi connectivity index (χ1n) is 6.53. The van der Waals surface area contributed by atoms with Crippen LogP contribution in [0, 0.1) is 6.92 Å². The number of hydrogen-bond donors (Lipinski definition) is 2. The number of benzene rings is 1.